The lowest BCUT2D eigenvalue weighted by Crippen LogP contribution is -2.38. The fourth-order valence-electron chi connectivity index (χ4n) is 4.04. The fourth-order valence-corrected chi connectivity index (χ4v) is 5.41. The molecule has 0 aliphatic rings. The molecule has 0 atom stereocenters. The average molecular weight is 531 g/mol. The Morgan fingerprint density at radius 1 is 0.543 bits per heavy atom. The Balaban J connectivity index is 3.67. The van der Waals surface area contributed by atoms with E-state index in [0.717, 1.165) is 12.8 Å². The summed E-state index contributed by atoms with van der Waals surface area (Å²) in [5.74, 6) is -0.102. The zero-order valence-corrected chi connectivity index (χ0v) is 26.9. The van der Waals surface area contributed by atoms with Crippen LogP contribution in [-0.4, -0.2) is 41.9 Å². The van der Waals surface area contributed by atoms with Crippen LogP contribution < -0.4 is 0 Å². The molecular formula is C29H62O4Si2. The van der Waals surface area contributed by atoms with Gasteiger partial charge in [0.1, 0.15) is 6.10 Å². The molecule has 0 N–H and O–H groups in total. The van der Waals surface area contributed by atoms with Crippen LogP contribution in [0.5, 0.6) is 0 Å². The van der Waals surface area contributed by atoms with Crippen LogP contribution in [0.3, 0.4) is 0 Å². The first-order valence-electron chi connectivity index (χ1n) is 15.0. The molecule has 0 saturated carbocycles. The first kappa shape index (κ1) is 34.8. The highest BCUT2D eigenvalue weighted by molar-refractivity contribution is 6.70. The van der Waals surface area contributed by atoms with Crippen molar-refractivity contribution in [3.63, 3.8) is 0 Å². The van der Waals surface area contributed by atoms with Crippen LogP contribution in [0.2, 0.25) is 39.3 Å². The smallest absolute Gasteiger partial charge is 0.306 e. The zero-order chi connectivity index (χ0) is 26.4. The third kappa shape index (κ3) is 28.2. The summed E-state index contributed by atoms with van der Waals surface area (Å²) in [6, 6.07) is 0. The summed E-state index contributed by atoms with van der Waals surface area (Å²) in [7, 11) is -3.30. The minimum absolute atomic E-state index is 0.102. The number of rotatable bonds is 25. The second-order valence-corrected chi connectivity index (χ2v) is 21.4. The lowest BCUT2D eigenvalue weighted by atomic mass is 10.0. The number of unbranched alkanes of at least 4 members (excludes halogenated alkanes) is 16. The van der Waals surface area contributed by atoms with Gasteiger partial charge in [-0.15, -0.1) is 0 Å². The molecule has 0 fully saturated rings. The Morgan fingerprint density at radius 3 is 1.17 bits per heavy atom. The molecule has 4 nitrogen and oxygen atoms in total. The zero-order valence-electron chi connectivity index (χ0n) is 24.9. The highest BCUT2D eigenvalue weighted by Gasteiger charge is 2.23. The maximum absolute atomic E-state index is 12.4. The van der Waals surface area contributed by atoms with E-state index in [1.807, 2.05) is 0 Å². The van der Waals surface area contributed by atoms with Crippen LogP contribution >= 0.6 is 0 Å². The van der Waals surface area contributed by atoms with Crippen molar-refractivity contribution in [3.8, 4) is 0 Å². The SMILES string of the molecule is CCCCCCCCCCCCCCCCCCCC(=O)OC(CO[Si](C)(C)C)CO[Si](C)(C)C. The Bertz CT molecular complexity index is 468. The molecule has 0 aliphatic carbocycles. The molecule has 0 aromatic rings. The Kier molecular flexibility index (Phi) is 21.8. The maximum Gasteiger partial charge on any atom is 0.306 e. The molecular weight excluding hydrogens is 468 g/mol. The summed E-state index contributed by atoms with van der Waals surface area (Å²) >= 11 is 0. The van der Waals surface area contributed by atoms with Crippen LogP contribution in [0, 0.1) is 0 Å². The molecule has 0 saturated heterocycles. The number of hydrogen-bond acceptors (Lipinski definition) is 4. The van der Waals surface area contributed by atoms with Gasteiger partial charge < -0.3 is 13.6 Å². The molecule has 35 heavy (non-hydrogen) atoms. The third-order valence-corrected chi connectivity index (χ3v) is 8.25. The van der Waals surface area contributed by atoms with Crippen molar-refractivity contribution in [1.82, 2.24) is 0 Å². The van der Waals surface area contributed by atoms with Crippen LogP contribution in [0.25, 0.3) is 0 Å². The second kappa shape index (κ2) is 21.9. The van der Waals surface area contributed by atoms with E-state index >= 15 is 0 Å². The predicted molar refractivity (Wildman–Crippen MR) is 157 cm³/mol. The molecule has 0 aromatic carbocycles. The minimum Gasteiger partial charge on any atom is -0.458 e. The summed E-state index contributed by atoms with van der Waals surface area (Å²) in [6.45, 7) is 16.1. The van der Waals surface area contributed by atoms with Crippen molar-refractivity contribution in [1.29, 1.82) is 0 Å². The van der Waals surface area contributed by atoms with E-state index in [0.29, 0.717) is 19.6 Å². The van der Waals surface area contributed by atoms with Crippen LogP contribution in [0.15, 0.2) is 0 Å². The van der Waals surface area contributed by atoms with Gasteiger partial charge in [0.05, 0.1) is 13.2 Å². The van der Waals surface area contributed by atoms with Crippen molar-refractivity contribution in [2.45, 2.75) is 168 Å². The average Bonchev–Trinajstić information content (AvgIpc) is 2.76. The first-order chi connectivity index (χ1) is 16.5. The van der Waals surface area contributed by atoms with E-state index in [1.54, 1.807) is 0 Å². The molecule has 0 bridgehead atoms. The molecule has 0 unspecified atom stereocenters. The second-order valence-electron chi connectivity index (χ2n) is 12.4. The molecule has 0 rings (SSSR count). The Labute approximate surface area is 221 Å². The molecule has 0 aliphatic heterocycles. The van der Waals surface area contributed by atoms with Gasteiger partial charge in [0.15, 0.2) is 16.6 Å². The van der Waals surface area contributed by atoms with Crippen molar-refractivity contribution in [2.24, 2.45) is 0 Å². The van der Waals surface area contributed by atoms with E-state index in [4.69, 9.17) is 13.6 Å². The van der Waals surface area contributed by atoms with Crippen molar-refractivity contribution in [3.05, 3.63) is 0 Å². The highest BCUT2D eigenvalue weighted by atomic mass is 28.4. The van der Waals surface area contributed by atoms with Gasteiger partial charge in [-0.05, 0) is 45.7 Å². The summed E-state index contributed by atoms with van der Waals surface area (Å²) in [5, 5.41) is 0. The summed E-state index contributed by atoms with van der Waals surface area (Å²) in [4.78, 5) is 12.4. The van der Waals surface area contributed by atoms with Gasteiger partial charge in [-0.2, -0.15) is 0 Å². The molecule has 0 spiro atoms. The van der Waals surface area contributed by atoms with Gasteiger partial charge in [0, 0.05) is 6.42 Å². The highest BCUT2D eigenvalue weighted by Crippen LogP contribution is 2.15. The standard InChI is InChI=1S/C29H62O4Si2/c1-8-9-10-11-12-13-14-15-16-17-18-19-20-21-22-23-24-25-29(30)33-28(26-31-34(2,3)4)27-32-35(5,6)7/h28H,8-27H2,1-7H3. The number of ether oxygens (including phenoxy) is 1. The quantitative estimate of drug-likeness (QED) is 0.0669. The minimum atomic E-state index is -1.65. The van der Waals surface area contributed by atoms with E-state index in [9.17, 15) is 4.79 Å². The molecule has 210 valence electrons. The monoisotopic (exact) mass is 530 g/mol. The normalized spacial score (nSPS) is 12.5. The van der Waals surface area contributed by atoms with Gasteiger partial charge in [-0.25, -0.2) is 0 Å². The fraction of sp³-hybridized carbons (Fsp3) is 0.966. The molecule has 0 heterocycles. The lowest BCUT2D eigenvalue weighted by molar-refractivity contribution is -0.152. The van der Waals surface area contributed by atoms with Gasteiger partial charge >= 0.3 is 5.97 Å². The lowest BCUT2D eigenvalue weighted by Gasteiger charge is -2.26. The number of hydrogen-bond donors (Lipinski definition) is 0. The first-order valence-corrected chi connectivity index (χ1v) is 21.8. The number of carbonyl (C=O) groups is 1. The molecule has 0 aromatic heterocycles. The molecule has 6 heteroatoms. The number of esters is 1. The van der Waals surface area contributed by atoms with Crippen LogP contribution in [0.4, 0.5) is 0 Å². The van der Waals surface area contributed by atoms with Crippen LogP contribution in [-0.2, 0) is 18.4 Å². The summed E-state index contributed by atoms with van der Waals surface area (Å²) in [5.41, 5.74) is 0. The van der Waals surface area contributed by atoms with E-state index < -0.39 is 16.6 Å². The number of carbonyl (C=O) groups excluding carboxylic acids is 1. The maximum atomic E-state index is 12.4. The Hall–Kier alpha value is -0.176. The van der Waals surface area contributed by atoms with E-state index in [-0.39, 0.29) is 12.1 Å². The van der Waals surface area contributed by atoms with E-state index in [2.05, 4.69) is 46.2 Å². The van der Waals surface area contributed by atoms with Gasteiger partial charge in [0.2, 0.25) is 0 Å². The Morgan fingerprint density at radius 2 is 0.857 bits per heavy atom. The van der Waals surface area contributed by atoms with E-state index in [1.165, 1.54) is 96.3 Å². The largest absolute Gasteiger partial charge is 0.458 e. The van der Waals surface area contributed by atoms with Crippen molar-refractivity contribution < 1.29 is 18.4 Å². The summed E-state index contributed by atoms with van der Waals surface area (Å²) < 4.78 is 17.7. The summed E-state index contributed by atoms with van der Waals surface area (Å²) in [6.07, 6.45) is 23.1. The molecule has 0 radical (unpaired) electrons. The van der Waals surface area contributed by atoms with Gasteiger partial charge in [0.25, 0.3) is 0 Å². The van der Waals surface area contributed by atoms with Gasteiger partial charge in [-0.1, -0.05) is 110 Å². The molecule has 0 amide bonds. The topological polar surface area (TPSA) is 44.8 Å². The van der Waals surface area contributed by atoms with Crippen molar-refractivity contribution in [2.75, 3.05) is 13.2 Å². The predicted octanol–water partition coefficient (Wildman–Crippen LogP) is 9.64. The third-order valence-electron chi connectivity index (χ3n) is 6.19. The van der Waals surface area contributed by atoms with Gasteiger partial charge in [-0.3, -0.25) is 4.79 Å². The van der Waals surface area contributed by atoms with Crippen LogP contribution in [0.1, 0.15) is 122 Å². The van der Waals surface area contributed by atoms with Crippen molar-refractivity contribution >= 4 is 22.6 Å².